The summed E-state index contributed by atoms with van der Waals surface area (Å²) >= 11 is 0. The monoisotopic (exact) mass is 364 g/mol. The fourth-order valence-corrected chi connectivity index (χ4v) is 4.41. The molecular formula is C23H28N2O2. The van der Waals surface area contributed by atoms with Crippen molar-refractivity contribution in [2.75, 3.05) is 19.6 Å². The number of ether oxygens (including phenoxy) is 1. The number of likely N-dealkylation sites (tertiary alicyclic amines) is 1. The molecule has 1 spiro atoms. The van der Waals surface area contributed by atoms with Crippen LogP contribution in [0.3, 0.4) is 0 Å². The van der Waals surface area contributed by atoms with Crippen molar-refractivity contribution in [1.82, 2.24) is 9.80 Å². The molecule has 2 aromatic carbocycles. The highest BCUT2D eigenvalue weighted by Crippen LogP contribution is 2.35. The number of hydrogen-bond acceptors (Lipinski definition) is 3. The van der Waals surface area contributed by atoms with Crippen LogP contribution in [0, 0.1) is 6.92 Å². The zero-order valence-corrected chi connectivity index (χ0v) is 16.3. The number of piperidine rings is 1. The van der Waals surface area contributed by atoms with E-state index in [1.807, 2.05) is 4.90 Å². The minimum absolute atomic E-state index is 0.118. The summed E-state index contributed by atoms with van der Waals surface area (Å²) < 4.78 is 6.65. The quantitative estimate of drug-likeness (QED) is 0.813. The number of carbonyl (C=O) groups is 1. The number of benzene rings is 2. The molecular weight excluding hydrogens is 336 g/mol. The molecule has 1 saturated heterocycles. The van der Waals surface area contributed by atoms with Crippen molar-refractivity contribution in [2.24, 2.45) is 0 Å². The second-order valence-electron chi connectivity index (χ2n) is 8.07. The van der Waals surface area contributed by atoms with E-state index in [1.165, 1.54) is 11.1 Å². The molecule has 1 unspecified atom stereocenters. The van der Waals surface area contributed by atoms with Crippen molar-refractivity contribution in [1.29, 1.82) is 0 Å². The Morgan fingerprint density at radius 2 is 1.96 bits per heavy atom. The molecule has 0 aliphatic carbocycles. The van der Waals surface area contributed by atoms with Crippen molar-refractivity contribution in [3.05, 3.63) is 65.2 Å². The highest BCUT2D eigenvalue weighted by atomic mass is 16.5. The van der Waals surface area contributed by atoms with E-state index < -0.39 is 0 Å². The van der Waals surface area contributed by atoms with Crippen LogP contribution < -0.4 is 4.74 Å². The maximum absolute atomic E-state index is 12.3. The maximum atomic E-state index is 12.3. The van der Waals surface area contributed by atoms with Crippen molar-refractivity contribution >= 4 is 5.91 Å². The number of nitrogens with zero attached hydrogens (tertiary/aromatic N) is 2. The normalized spacial score (nSPS) is 22.8. The second-order valence-corrected chi connectivity index (χ2v) is 8.07. The first-order valence-electron chi connectivity index (χ1n) is 9.83. The van der Waals surface area contributed by atoms with E-state index in [9.17, 15) is 4.79 Å². The Balaban J connectivity index is 1.61. The fourth-order valence-electron chi connectivity index (χ4n) is 4.41. The molecule has 142 valence electrons. The largest absolute Gasteiger partial charge is 0.484 e. The molecule has 1 atom stereocenters. The molecule has 0 N–H and O–H groups in total. The molecule has 1 amide bonds. The number of rotatable bonds is 2. The zero-order chi connectivity index (χ0) is 18.9. The van der Waals surface area contributed by atoms with Crippen LogP contribution in [0.25, 0.3) is 0 Å². The third-order valence-corrected chi connectivity index (χ3v) is 5.70. The predicted octanol–water partition coefficient (Wildman–Crippen LogP) is 3.77. The molecule has 0 saturated carbocycles. The van der Waals surface area contributed by atoms with Gasteiger partial charge in [-0.25, -0.2) is 0 Å². The topological polar surface area (TPSA) is 32.8 Å². The highest BCUT2D eigenvalue weighted by molar-refractivity contribution is 5.73. The van der Waals surface area contributed by atoms with Gasteiger partial charge >= 0.3 is 0 Å². The van der Waals surface area contributed by atoms with Gasteiger partial charge in [-0.2, -0.15) is 0 Å². The Kier molecular flexibility index (Phi) is 4.92. The summed E-state index contributed by atoms with van der Waals surface area (Å²) in [5.74, 6) is 1.05. The molecule has 2 aliphatic rings. The molecule has 4 nitrogen and oxygen atoms in total. The molecule has 1 fully saturated rings. The van der Waals surface area contributed by atoms with E-state index in [4.69, 9.17) is 4.74 Å². The third kappa shape index (κ3) is 4.01. The Labute approximate surface area is 161 Å². The van der Waals surface area contributed by atoms with E-state index in [-0.39, 0.29) is 11.5 Å². The summed E-state index contributed by atoms with van der Waals surface area (Å²) in [6.07, 6.45) is 2.06. The Morgan fingerprint density at radius 3 is 2.74 bits per heavy atom. The molecule has 0 aromatic heterocycles. The van der Waals surface area contributed by atoms with Gasteiger partial charge in [-0.1, -0.05) is 48.0 Å². The summed E-state index contributed by atoms with van der Waals surface area (Å²) in [5, 5.41) is 0. The van der Waals surface area contributed by atoms with Crippen LogP contribution in [0.5, 0.6) is 5.75 Å². The summed E-state index contributed by atoms with van der Waals surface area (Å²) in [5.41, 5.74) is 3.30. The van der Waals surface area contributed by atoms with Gasteiger partial charge in [0.05, 0.1) is 6.54 Å². The van der Waals surface area contributed by atoms with Gasteiger partial charge in [0.25, 0.3) is 0 Å². The summed E-state index contributed by atoms with van der Waals surface area (Å²) in [4.78, 5) is 16.7. The number of carbonyl (C=O) groups excluding carboxylic acids is 1. The van der Waals surface area contributed by atoms with Crippen LogP contribution in [0.15, 0.2) is 48.5 Å². The molecule has 2 heterocycles. The van der Waals surface area contributed by atoms with Gasteiger partial charge in [0.1, 0.15) is 11.4 Å². The van der Waals surface area contributed by atoms with E-state index in [1.54, 1.807) is 6.92 Å². The Hall–Kier alpha value is -2.33. The first kappa shape index (κ1) is 18.1. The molecule has 27 heavy (non-hydrogen) atoms. The Morgan fingerprint density at radius 1 is 1.15 bits per heavy atom. The van der Waals surface area contributed by atoms with Crippen LogP contribution in [0.4, 0.5) is 0 Å². The van der Waals surface area contributed by atoms with E-state index in [0.29, 0.717) is 13.1 Å². The standard InChI is InChI=1S/C23H28N2O2/c1-18-9-10-22-21(13-18)15-25(19(2)26)17-23(27-22)11-6-12-24(16-23)14-20-7-4-3-5-8-20/h3-5,7-10,13H,6,11-12,14-17H2,1-2H3. The maximum Gasteiger partial charge on any atom is 0.219 e. The van der Waals surface area contributed by atoms with Crippen LogP contribution in [-0.4, -0.2) is 40.9 Å². The fraction of sp³-hybridized carbons (Fsp3) is 0.435. The Bertz CT molecular complexity index is 820. The lowest BCUT2D eigenvalue weighted by molar-refractivity contribution is -0.133. The number of aryl methyl sites for hydroxylation is 1. The minimum Gasteiger partial charge on any atom is -0.484 e. The van der Waals surface area contributed by atoms with Crippen molar-refractivity contribution in [3.8, 4) is 5.75 Å². The SMILES string of the molecule is CC(=O)N1Cc2cc(C)ccc2OC2(CCCN(Cc3ccccc3)C2)C1. The minimum atomic E-state index is -0.334. The lowest BCUT2D eigenvalue weighted by atomic mass is 9.91. The van der Waals surface area contributed by atoms with Crippen molar-refractivity contribution in [2.45, 2.75) is 45.4 Å². The van der Waals surface area contributed by atoms with Gasteiger partial charge in [-0.15, -0.1) is 0 Å². The zero-order valence-electron chi connectivity index (χ0n) is 16.3. The molecule has 0 radical (unpaired) electrons. The molecule has 2 aliphatic heterocycles. The van der Waals surface area contributed by atoms with Crippen LogP contribution in [0.1, 0.15) is 36.5 Å². The summed E-state index contributed by atoms with van der Waals surface area (Å²) in [6.45, 7) is 7.88. The van der Waals surface area contributed by atoms with Gasteiger partial charge in [0, 0.05) is 32.1 Å². The third-order valence-electron chi connectivity index (χ3n) is 5.70. The number of fused-ring (bicyclic) bond motifs is 1. The summed E-state index contributed by atoms with van der Waals surface area (Å²) in [7, 11) is 0. The van der Waals surface area contributed by atoms with Crippen LogP contribution in [0.2, 0.25) is 0 Å². The lowest BCUT2D eigenvalue weighted by Crippen LogP contribution is -2.57. The number of hydrogen-bond donors (Lipinski definition) is 0. The van der Waals surface area contributed by atoms with E-state index in [0.717, 1.165) is 43.8 Å². The van der Waals surface area contributed by atoms with Gasteiger partial charge in [-0.05, 0) is 37.9 Å². The van der Waals surface area contributed by atoms with E-state index >= 15 is 0 Å². The van der Waals surface area contributed by atoms with E-state index in [2.05, 4.69) is 60.4 Å². The van der Waals surface area contributed by atoms with Gasteiger partial charge in [-0.3, -0.25) is 9.69 Å². The molecule has 4 rings (SSSR count). The van der Waals surface area contributed by atoms with Crippen LogP contribution >= 0.6 is 0 Å². The van der Waals surface area contributed by atoms with Crippen molar-refractivity contribution in [3.63, 3.8) is 0 Å². The van der Waals surface area contributed by atoms with Gasteiger partial charge < -0.3 is 9.64 Å². The number of amides is 1. The van der Waals surface area contributed by atoms with Crippen molar-refractivity contribution < 1.29 is 9.53 Å². The average molecular weight is 364 g/mol. The lowest BCUT2D eigenvalue weighted by Gasteiger charge is -2.43. The first-order chi connectivity index (χ1) is 13.0. The van der Waals surface area contributed by atoms with Crippen LogP contribution in [-0.2, 0) is 17.9 Å². The molecule has 2 aromatic rings. The molecule has 0 bridgehead atoms. The smallest absolute Gasteiger partial charge is 0.219 e. The first-order valence-corrected chi connectivity index (χ1v) is 9.83. The molecule has 4 heteroatoms. The highest BCUT2D eigenvalue weighted by Gasteiger charge is 2.42. The second kappa shape index (κ2) is 7.35. The van der Waals surface area contributed by atoms with Gasteiger partial charge in [0.2, 0.25) is 5.91 Å². The average Bonchev–Trinajstić information content (AvgIpc) is 2.79. The predicted molar refractivity (Wildman–Crippen MR) is 107 cm³/mol. The summed E-state index contributed by atoms with van der Waals surface area (Å²) in [6, 6.07) is 16.9. The van der Waals surface area contributed by atoms with Gasteiger partial charge in [0.15, 0.2) is 0 Å².